The van der Waals surface area contributed by atoms with Gasteiger partial charge in [-0.3, -0.25) is 10.1 Å². The van der Waals surface area contributed by atoms with Crippen molar-refractivity contribution in [1.29, 1.82) is 5.26 Å². The molecule has 6 nitrogen and oxygen atoms in total. The topological polar surface area (TPSA) is 96.2 Å². The van der Waals surface area contributed by atoms with Crippen molar-refractivity contribution < 1.29 is 4.92 Å². The van der Waals surface area contributed by atoms with E-state index >= 15 is 0 Å². The molecule has 2 rings (SSSR count). The van der Waals surface area contributed by atoms with Crippen LogP contribution in [0.1, 0.15) is 25.3 Å². The van der Waals surface area contributed by atoms with Gasteiger partial charge in [0.05, 0.1) is 4.92 Å². The summed E-state index contributed by atoms with van der Waals surface area (Å²) in [6, 6.07) is 6.86. The maximum atomic E-state index is 11.3. The summed E-state index contributed by atoms with van der Waals surface area (Å²) in [4.78, 5) is 12.8. The normalized spacial score (nSPS) is 22.4. The number of hydrogen-bond donors (Lipinski definition) is 1. The first kappa shape index (κ1) is 14.3. The summed E-state index contributed by atoms with van der Waals surface area (Å²) < 4.78 is 0. The van der Waals surface area contributed by atoms with Gasteiger partial charge in [-0.2, -0.15) is 5.26 Å². The van der Waals surface area contributed by atoms with E-state index in [1.165, 1.54) is 6.07 Å². The number of nitrogens with two attached hydrogens (primary N) is 1. The van der Waals surface area contributed by atoms with E-state index in [1.54, 1.807) is 12.1 Å². The maximum absolute atomic E-state index is 11.3. The van der Waals surface area contributed by atoms with Gasteiger partial charge in [0.2, 0.25) is 0 Å². The number of rotatable bonds is 3. The fourth-order valence-electron chi connectivity index (χ4n) is 2.84. The molecule has 6 heteroatoms. The van der Waals surface area contributed by atoms with Crippen LogP contribution in [-0.2, 0) is 0 Å². The highest BCUT2D eigenvalue weighted by molar-refractivity contribution is 5.70. The fourth-order valence-corrected chi connectivity index (χ4v) is 2.84. The van der Waals surface area contributed by atoms with E-state index in [-0.39, 0.29) is 17.3 Å². The Morgan fingerprint density at radius 3 is 2.95 bits per heavy atom. The number of para-hydroxylation sites is 1. The van der Waals surface area contributed by atoms with Gasteiger partial charge in [-0.05, 0) is 30.9 Å². The molecule has 1 aromatic rings. The van der Waals surface area contributed by atoms with Crippen LogP contribution in [0, 0.1) is 27.4 Å². The standard InChI is InChI=1S/C14H18N4O2/c1-10-5-6-17(12(7-10)9-16)13-4-2-3-11(8-15)14(13)18(19)20/h2-4,10,12H,5-7,9,16H2,1H3. The summed E-state index contributed by atoms with van der Waals surface area (Å²) in [7, 11) is 0. The van der Waals surface area contributed by atoms with E-state index in [0.29, 0.717) is 18.2 Å². The summed E-state index contributed by atoms with van der Waals surface area (Å²) in [6.45, 7) is 3.36. The lowest BCUT2D eigenvalue weighted by atomic mass is 9.91. The van der Waals surface area contributed by atoms with Crippen molar-refractivity contribution in [2.24, 2.45) is 11.7 Å². The molecule has 0 spiro atoms. The highest BCUT2D eigenvalue weighted by atomic mass is 16.6. The van der Waals surface area contributed by atoms with Gasteiger partial charge in [-0.1, -0.05) is 13.0 Å². The first-order valence-electron chi connectivity index (χ1n) is 6.72. The lowest BCUT2D eigenvalue weighted by Gasteiger charge is -2.39. The SMILES string of the molecule is CC1CCN(c2cccc(C#N)c2[N+](=O)[O-])C(CN)C1. The number of hydrogen-bond acceptors (Lipinski definition) is 5. The maximum Gasteiger partial charge on any atom is 0.310 e. The van der Waals surface area contributed by atoms with E-state index in [1.807, 2.05) is 11.0 Å². The van der Waals surface area contributed by atoms with Gasteiger partial charge >= 0.3 is 5.69 Å². The average Bonchev–Trinajstić information content (AvgIpc) is 2.46. The summed E-state index contributed by atoms with van der Waals surface area (Å²) in [5, 5.41) is 20.4. The van der Waals surface area contributed by atoms with Gasteiger partial charge in [0.25, 0.3) is 0 Å². The van der Waals surface area contributed by atoms with Crippen LogP contribution >= 0.6 is 0 Å². The zero-order valence-electron chi connectivity index (χ0n) is 11.5. The molecule has 1 fully saturated rings. The van der Waals surface area contributed by atoms with Crippen LogP contribution < -0.4 is 10.6 Å². The van der Waals surface area contributed by atoms with Crippen molar-refractivity contribution in [1.82, 2.24) is 0 Å². The predicted molar refractivity (Wildman–Crippen MR) is 76.4 cm³/mol. The second-order valence-corrected chi connectivity index (χ2v) is 5.25. The highest BCUT2D eigenvalue weighted by Gasteiger charge is 2.31. The number of benzene rings is 1. The number of nitro benzene ring substituents is 1. The first-order chi connectivity index (χ1) is 9.58. The van der Waals surface area contributed by atoms with E-state index in [2.05, 4.69) is 6.92 Å². The van der Waals surface area contributed by atoms with Gasteiger partial charge in [-0.25, -0.2) is 0 Å². The predicted octanol–water partition coefficient (Wildman–Crippen LogP) is 2.03. The molecule has 1 heterocycles. The Hall–Kier alpha value is -2.13. The Morgan fingerprint density at radius 1 is 1.60 bits per heavy atom. The van der Waals surface area contributed by atoms with Crippen molar-refractivity contribution >= 4 is 11.4 Å². The molecule has 1 saturated heterocycles. The molecule has 1 aromatic carbocycles. The summed E-state index contributed by atoms with van der Waals surface area (Å²) in [5.74, 6) is 0.568. The summed E-state index contributed by atoms with van der Waals surface area (Å²) >= 11 is 0. The molecule has 2 atom stereocenters. The molecule has 0 aliphatic carbocycles. The van der Waals surface area contributed by atoms with Crippen LogP contribution in [0.25, 0.3) is 0 Å². The Bertz CT molecular complexity index is 553. The van der Waals surface area contributed by atoms with Crippen molar-refractivity contribution in [3.05, 3.63) is 33.9 Å². The zero-order chi connectivity index (χ0) is 14.7. The van der Waals surface area contributed by atoms with Crippen molar-refractivity contribution in [2.45, 2.75) is 25.8 Å². The quantitative estimate of drug-likeness (QED) is 0.672. The fraction of sp³-hybridized carbons (Fsp3) is 0.500. The third-order valence-corrected chi connectivity index (χ3v) is 3.88. The molecule has 1 aliphatic heterocycles. The largest absolute Gasteiger partial charge is 0.362 e. The van der Waals surface area contributed by atoms with Gasteiger partial charge in [0, 0.05) is 19.1 Å². The second kappa shape index (κ2) is 5.88. The monoisotopic (exact) mass is 274 g/mol. The Kier molecular flexibility index (Phi) is 4.20. The van der Waals surface area contributed by atoms with Crippen LogP contribution in [0.2, 0.25) is 0 Å². The molecule has 0 saturated carbocycles. The van der Waals surface area contributed by atoms with E-state index in [9.17, 15) is 10.1 Å². The Morgan fingerprint density at radius 2 is 2.35 bits per heavy atom. The number of anilines is 1. The lowest BCUT2D eigenvalue weighted by molar-refractivity contribution is -0.384. The number of piperidine rings is 1. The number of nitro groups is 1. The van der Waals surface area contributed by atoms with Gasteiger partial charge in [-0.15, -0.1) is 0 Å². The molecule has 0 aromatic heterocycles. The molecule has 2 N–H and O–H groups in total. The van der Waals surface area contributed by atoms with Crippen molar-refractivity contribution in [2.75, 3.05) is 18.0 Å². The lowest BCUT2D eigenvalue weighted by Crippen LogP contribution is -2.46. The van der Waals surface area contributed by atoms with E-state index in [0.717, 1.165) is 19.4 Å². The molecule has 0 amide bonds. The molecular formula is C14H18N4O2. The highest BCUT2D eigenvalue weighted by Crippen LogP contribution is 2.36. The van der Waals surface area contributed by atoms with E-state index in [4.69, 9.17) is 11.0 Å². The molecule has 106 valence electrons. The van der Waals surface area contributed by atoms with Crippen molar-refractivity contribution in [3.63, 3.8) is 0 Å². The first-order valence-corrected chi connectivity index (χ1v) is 6.72. The molecule has 1 aliphatic rings. The summed E-state index contributed by atoms with van der Waals surface area (Å²) in [5.41, 5.74) is 6.31. The van der Waals surface area contributed by atoms with Crippen LogP contribution in [0.3, 0.4) is 0 Å². The molecule has 20 heavy (non-hydrogen) atoms. The minimum absolute atomic E-state index is 0.0893. The molecule has 2 unspecified atom stereocenters. The van der Waals surface area contributed by atoms with Crippen LogP contribution in [-0.4, -0.2) is 24.1 Å². The number of nitriles is 1. The number of nitrogens with zero attached hydrogens (tertiary/aromatic N) is 3. The van der Waals surface area contributed by atoms with Crippen LogP contribution in [0.15, 0.2) is 18.2 Å². The van der Waals surface area contributed by atoms with Crippen LogP contribution in [0.4, 0.5) is 11.4 Å². The third kappa shape index (κ3) is 2.58. The Labute approximate surface area is 117 Å². The Balaban J connectivity index is 2.46. The second-order valence-electron chi connectivity index (χ2n) is 5.25. The smallest absolute Gasteiger partial charge is 0.310 e. The van der Waals surface area contributed by atoms with Gasteiger partial charge in [0.15, 0.2) is 0 Å². The molecule has 0 radical (unpaired) electrons. The minimum atomic E-state index is -0.473. The average molecular weight is 274 g/mol. The third-order valence-electron chi connectivity index (χ3n) is 3.88. The molecule has 0 bridgehead atoms. The van der Waals surface area contributed by atoms with Crippen molar-refractivity contribution in [3.8, 4) is 6.07 Å². The van der Waals surface area contributed by atoms with E-state index < -0.39 is 4.92 Å². The summed E-state index contributed by atoms with van der Waals surface area (Å²) in [6.07, 6.45) is 1.90. The zero-order valence-corrected chi connectivity index (χ0v) is 11.5. The minimum Gasteiger partial charge on any atom is -0.362 e. The van der Waals surface area contributed by atoms with Gasteiger partial charge in [0.1, 0.15) is 17.3 Å². The molecular weight excluding hydrogens is 256 g/mol. The van der Waals surface area contributed by atoms with Gasteiger partial charge < -0.3 is 10.6 Å². The van der Waals surface area contributed by atoms with Crippen LogP contribution in [0.5, 0.6) is 0 Å².